The summed E-state index contributed by atoms with van der Waals surface area (Å²) in [6, 6.07) is 11.3. The van der Waals surface area contributed by atoms with Gasteiger partial charge in [0, 0.05) is 38.3 Å². The van der Waals surface area contributed by atoms with Crippen molar-refractivity contribution in [2.24, 2.45) is 5.92 Å². The molecule has 38 heavy (non-hydrogen) atoms. The van der Waals surface area contributed by atoms with Gasteiger partial charge < -0.3 is 24.3 Å². The van der Waals surface area contributed by atoms with Gasteiger partial charge in [-0.15, -0.1) is 0 Å². The zero-order chi connectivity index (χ0) is 27.4. The van der Waals surface area contributed by atoms with Crippen molar-refractivity contribution < 1.29 is 23.9 Å². The third-order valence-corrected chi connectivity index (χ3v) is 6.77. The SMILES string of the molecule is CCCNC(=O)C1CCN(C(=O)c2cc3c(ccn3C(=O)OC(C)(C)C)n2Cc2ccc(OC)cc2)CC1. The Kier molecular flexibility index (Phi) is 8.14. The Morgan fingerprint density at radius 2 is 1.71 bits per heavy atom. The van der Waals surface area contributed by atoms with Crippen LogP contribution in [0, 0.1) is 5.92 Å². The van der Waals surface area contributed by atoms with Gasteiger partial charge in [0.05, 0.1) is 18.1 Å². The number of carbonyl (C=O) groups is 3. The predicted octanol–water partition coefficient (Wildman–Crippen LogP) is 4.66. The first-order chi connectivity index (χ1) is 18.1. The summed E-state index contributed by atoms with van der Waals surface area (Å²) in [5, 5.41) is 2.97. The molecule has 4 rings (SSSR count). The van der Waals surface area contributed by atoms with Gasteiger partial charge in [0.1, 0.15) is 17.0 Å². The van der Waals surface area contributed by atoms with Crippen molar-refractivity contribution in [3.63, 3.8) is 0 Å². The molecule has 1 saturated heterocycles. The number of hydrogen-bond donors (Lipinski definition) is 1. The fourth-order valence-corrected chi connectivity index (χ4v) is 4.77. The molecule has 1 fully saturated rings. The van der Waals surface area contributed by atoms with Crippen molar-refractivity contribution >= 4 is 28.9 Å². The number of hydrogen-bond acceptors (Lipinski definition) is 5. The molecule has 2 aromatic heterocycles. The molecule has 1 aliphatic heterocycles. The van der Waals surface area contributed by atoms with E-state index in [1.165, 1.54) is 4.57 Å². The standard InChI is InChI=1S/C29H38N4O5/c1-6-14-30-26(34)21-11-15-31(16-12-21)27(35)25-18-24-23(13-17-32(24)28(36)38-29(2,3)4)33(25)19-20-7-9-22(37-5)10-8-20/h7-10,13,17-18,21H,6,11-12,14-16,19H2,1-5H3,(H,30,34). The number of fused-ring (bicyclic) bond motifs is 1. The molecule has 0 radical (unpaired) electrons. The molecule has 1 aliphatic rings. The smallest absolute Gasteiger partial charge is 0.419 e. The van der Waals surface area contributed by atoms with Gasteiger partial charge in [-0.1, -0.05) is 19.1 Å². The fourth-order valence-electron chi connectivity index (χ4n) is 4.77. The second-order valence-electron chi connectivity index (χ2n) is 10.8. The lowest BCUT2D eigenvalue weighted by Crippen LogP contribution is -2.43. The van der Waals surface area contributed by atoms with Gasteiger partial charge in [0.2, 0.25) is 5.91 Å². The molecule has 0 saturated carbocycles. The maximum atomic E-state index is 13.8. The van der Waals surface area contributed by atoms with Gasteiger partial charge in [0.25, 0.3) is 5.91 Å². The number of benzene rings is 1. The van der Waals surface area contributed by atoms with Crippen molar-refractivity contribution in [2.75, 3.05) is 26.7 Å². The summed E-state index contributed by atoms with van der Waals surface area (Å²) in [5.74, 6) is 0.633. The van der Waals surface area contributed by atoms with E-state index < -0.39 is 11.7 Å². The topological polar surface area (TPSA) is 94.8 Å². The van der Waals surface area contributed by atoms with Crippen molar-refractivity contribution in [2.45, 2.75) is 59.1 Å². The Morgan fingerprint density at radius 1 is 1.03 bits per heavy atom. The van der Waals surface area contributed by atoms with Crippen LogP contribution in [0.1, 0.15) is 63.0 Å². The minimum absolute atomic E-state index is 0.0685. The van der Waals surface area contributed by atoms with E-state index >= 15 is 0 Å². The third-order valence-electron chi connectivity index (χ3n) is 6.77. The van der Waals surface area contributed by atoms with Crippen LogP contribution in [0.4, 0.5) is 4.79 Å². The van der Waals surface area contributed by atoms with E-state index in [4.69, 9.17) is 9.47 Å². The second-order valence-corrected chi connectivity index (χ2v) is 10.8. The van der Waals surface area contributed by atoms with Crippen LogP contribution >= 0.6 is 0 Å². The Bertz CT molecular complexity index is 1290. The third kappa shape index (κ3) is 6.03. The van der Waals surface area contributed by atoms with E-state index in [1.54, 1.807) is 24.3 Å². The number of nitrogens with zero attached hydrogens (tertiary/aromatic N) is 3. The molecule has 9 nitrogen and oxygen atoms in total. The Morgan fingerprint density at radius 3 is 2.32 bits per heavy atom. The summed E-state index contributed by atoms with van der Waals surface area (Å²) < 4.78 is 14.3. The number of piperidine rings is 1. The number of carbonyl (C=O) groups excluding carboxylic acids is 3. The van der Waals surface area contributed by atoms with E-state index in [-0.39, 0.29) is 17.7 Å². The zero-order valence-electron chi connectivity index (χ0n) is 23.0. The molecule has 3 heterocycles. The van der Waals surface area contributed by atoms with Crippen LogP contribution < -0.4 is 10.1 Å². The first kappa shape index (κ1) is 27.3. The number of rotatable bonds is 7. The summed E-state index contributed by atoms with van der Waals surface area (Å²) in [7, 11) is 1.62. The molecule has 2 amide bonds. The first-order valence-electron chi connectivity index (χ1n) is 13.2. The lowest BCUT2D eigenvalue weighted by molar-refractivity contribution is -0.126. The summed E-state index contributed by atoms with van der Waals surface area (Å²) in [4.78, 5) is 40.9. The second kappa shape index (κ2) is 11.3. The van der Waals surface area contributed by atoms with Crippen molar-refractivity contribution in [3.05, 3.63) is 53.9 Å². The van der Waals surface area contributed by atoms with E-state index in [2.05, 4.69) is 5.32 Å². The minimum atomic E-state index is -0.647. The van der Waals surface area contributed by atoms with Crippen molar-refractivity contribution in [3.8, 4) is 5.75 Å². The maximum Gasteiger partial charge on any atom is 0.419 e. The largest absolute Gasteiger partial charge is 0.497 e. The average molecular weight is 523 g/mol. The lowest BCUT2D eigenvalue weighted by atomic mass is 9.95. The summed E-state index contributed by atoms with van der Waals surface area (Å²) in [5.41, 5.74) is 2.23. The monoisotopic (exact) mass is 522 g/mol. The Labute approximate surface area is 223 Å². The maximum absolute atomic E-state index is 13.8. The zero-order valence-corrected chi connectivity index (χ0v) is 23.0. The average Bonchev–Trinajstić information content (AvgIpc) is 3.46. The van der Waals surface area contributed by atoms with Crippen LogP contribution in [0.25, 0.3) is 11.0 Å². The molecule has 1 aromatic carbocycles. The molecule has 204 valence electrons. The molecule has 0 atom stereocenters. The van der Waals surface area contributed by atoms with Crippen LogP contribution in [0.2, 0.25) is 0 Å². The molecular formula is C29H38N4O5. The highest BCUT2D eigenvalue weighted by atomic mass is 16.6. The molecule has 3 aromatic rings. The summed E-state index contributed by atoms with van der Waals surface area (Å²) >= 11 is 0. The molecular weight excluding hydrogens is 484 g/mol. The van der Waals surface area contributed by atoms with E-state index in [0.717, 1.165) is 23.3 Å². The number of aromatic nitrogens is 2. The van der Waals surface area contributed by atoms with E-state index in [0.29, 0.717) is 50.2 Å². The van der Waals surface area contributed by atoms with Crippen LogP contribution in [0.15, 0.2) is 42.6 Å². The molecule has 9 heteroatoms. The Hall–Kier alpha value is -3.75. The number of nitrogens with one attached hydrogen (secondary N) is 1. The van der Waals surface area contributed by atoms with E-state index in [1.807, 2.05) is 62.6 Å². The normalized spacial score (nSPS) is 14.5. The number of methoxy groups -OCH3 is 1. The highest BCUT2D eigenvalue weighted by Gasteiger charge is 2.30. The van der Waals surface area contributed by atoms with Crippen LogP contribution in [0.3, 0.4) is 0 Å². The van der Waals surface area contributed by atoms with Crippen LogP contribution in [-0.2, 0) is 16.1 Å². The lowest BCUT2D eigenvalue weighted by Gasteiger charge is -2.31. The first-order valence-corrected chi connectivity index (χ1v) is 13.2. The Balaban J connectivity index is 1.63. The quantitative estimate of drug-likeness (QED) is 0.487. The number of ether oxygens (including phenoxy) is 2. The van der Waals surface area contributed by atoms with Crippen LogP contribution in [0.5, 0.6) is 5.75 Å². The molecule has 1 N–H and O–H groups in total. The molecule has 0 bridgehead atoms. The van der Waals surface area contributed by atoms with Gasteiger partial charge in [-0.3, -0.25) is 14.2 Å². The molecule has 0 aliphatic carbocycles. The van der Waals surface area contributed by atoms with Crippen molar-refractivity contribution in [1.82, 2.24) is 19.4 Å². The summed E-state index contributed by atoms with van der Waals surface area (Å²) in [6.45, 7) is 9.62. The van der Waals surface area contributed by atoms with Gasteiger partial charge in [-0.05, 0) is 69.9 Å². The van der Waals surface area contributed by atoms with Gasteiger partial charge in [-0.25, -0.2) is 4.79 Å². The summed E-state index contributed by atoms with van der Waals surface area (Å²) in [6.07, 6.45) is 3.34. The number of likely N-dealkylation sites (tertiary alicyclic amines) is 1. The fraction of sp³-hybridized carbons (Fsp3) is 0.483. The van der Waals surface area contributed by atoms with Gasteiger partial charge in [-0.2, -0.15) is 0 Å². The van der Waals surface area contributed by atoms with Gasteiger partial charge in [0.15, 0.2) is 0 Å². The van der Waals surface area contributed by atoms with Gasteiger partial charge >= 0.3 is 6.09 Å². The van der Waals surface area contributed by atoms with Crippen molar-refractivity contribution in [1.29, 1.82) is 0 Å². The minimum Gasteiger partial charge on any atom is -0.497 e. The molecule has 0 unspecified atom stereocenters. The van der Waals surface area contributed by atoms with Crippen LogP contribution in [-0.4, -0.2) is 64.3 Å². The van der Waals surface area contributed by atoms with E-state index in [9.17, 15) is 14.4 Å². The highest BCUT2D eigenvalue weighted by molar-refractivity contribution is 6.00. The highest BCUT2D eigenvalue weighted by Crippen LogP contribution is 2.27. The number of amides is 2. The molecule has 0 spiro atoms. The predicted molar refractivity (Wildman–Crippen MR) is 146 cm³/mol.